The number of oxazole rings is 1. The van der Waals surface area contributed by atoms with Crippen LogP contribution in [0.5, 0.6) is 5.75 Å². The Morgan fingerprint density at radius 3 is 1.81 bits per heavy atom. The van der Waals surface area contributed by atoms with Crippen molar-refractivity contribution in [3.8, 4) is 39.8 Å². The number of aromatic nitrogens is 1. The third-order valence-corrected chi connectivity index (χ3v) is 5.06. The van der Waals surface area contributed by atoms with E-state index in [-0.39, 0.29) is 0 Å². The van der Waals surface area contributed by atoms with Gasteiger partial charge in [-0.15, -0.1) is 0 Å². The number of hydrogen-bond acceptors (Lipinski definition) is 3. The number of rotatable bonds is 6. The second-order valence-electron chi connectivity index (χ2n) is 7.23. The highest BCUT2D eigenvalue weighted by molar-refractivity contribution is 5.79. The van der Waals surface area contributed by atoms with E-state index in [1.807, 2.05) is 91.0 Å². The molecule has 0 bridgehead atoms. The second-order valence-corrected chi connectivity index (χ2v) is 7.23. The molecule has 5 aromatic rings. The van der Waals surface area contributed by atoms with Crippen molar-refractivity contribution in [3.05, 3.63) is 121 Å². The number of nitrogens with zero attached hydrogens (tertiary/aromatic N) is 1. The molecule has 0 amide bonds. The molecule has 0 saturated carbocycles. The maximum Gasteiger partial charge on any atom is 0.227 e. The van der Waals surface area contributed by atoms with E-state index >= 15 is 0 Å². The molecule has 0 atom stereocenters. The Morgan fingerprint density at radius 2 is 1.16 bits per heavy atom. The summed E-state index contributed by atoms with van der Waals surface area (Å²) in [5.74, 6) is 2.17. The predicted octanol–water partition coefficient (Wildman–Crippen LogP) is 7.25. The Hall–Kier alpha value is -4.11. The van der Waals surface area contributed by atoms with Crippen LogP contribution < -0.4 is 4.74 Å². The number of hydrogen-bond donors (Lipinski definition) is 0. The van der Waals surface area contributed by atoms with Crippen LogP contribution in [0, 0.1) is 0 Å². The van der Waals surface area contributed by atoms with Gasteiger partial charge >= 0.3 is 0 Å². The monoisotopic (exact) mass is 403 g/mol. The average Bonchev–Trinajstić information content (AvgIpc) is 3.30. The maximum atomic E-state index is 6.26. The van der Waals surface area contributed by atoms with Crippen molar-refractivity contribution in [2.75, 3.05) is 0 Å². The van der Waals surface area contributed by atoms with Crippen LogP contribution in [0.2, 0.25) is 0 Å². The molecule has 0 radical (unpaired) electrons. The van der Waals surface area contributed by atoms with Gasteiger partial charge in [-0.2, -0.15) is 0 Å². The van der Waals surface area contributed by atoms with Crippen LogP contribution in [0.3, 0.4) is 0 Å². The topological polar surface area (TPSA) is 35.3 Å². The predicted molar refractivity (Wildman–Crippen MR) is 124 cm³/mol. The van der Waals surface area contributed by atoms with Crippen LogP contribution in [0.15, 0.2) is 120 Å². The van der Waals surface area contributed by atoms with E-state index in [0.717, 1.165) is 39.5 Å². The van der Waals surface area contributed by atoms with E-state index in [2.05, 4.69) is 24.3 Å². The van der Waals surface area contributed by atoms with Gasteiger partial charge in [0.1, 0.15) is 18.1 Å². The molecule has 1 aromatic heterocycles. The van der Waals surface area contributed by atoms with Gasteiger partial charge in [-0.05, 0) is 29.8 Å². The molecule has 0 unspecified atom stereocenters. The lowest BCUT2D eigenvalue weighted by Gasteiger charge is -2.06. The second kappa shape index (κ2) is 8.72. The van der Waals surface area contributed by atoms with Crippen LogP contribution in [0.4, 0.5) is 0 Å². The molecule has 0 fully saturated rings. The zero-order chi connectivity index (χ0) is 20.9. The Balaban J connectivity index is 1.44. The Bertz CT molecular complexity index is 1190. The fraction of sp³-hybridized carbons (Fsp3) is 0.0357. The number of ether oxygens (including phenoxy) is 1. The molecule has 0 aliphatic rings. The lowest BCUT2D eigenvalue weighted by molar-refractivity contribution is 0.306. The first kappa shape index (κ1) is 18.9. The van der Waals surface area contributed by atoms with E-state index in [9.17, 15) is 0 Å². The molecule has 3 heteroatoms. The van der Waals surface area contributed by atoms with Crippen molar-refractivity contribution >= 4 is 0 Å². The van der Waals surface area contributed by atoms with Gasteiger partial charge in [0.05, 0.1) is 0 Å². The highest BCUT2D eigenvalue weighted by atomic mass is 16.5. The Labute approximate surface area is 181 Å². The molecule has 4 aromatic carbocycles. The van der Waals surface area contributed by atoms with E-state index in [1.54, 1.807) is 0 Å². The van der Waals surface area contributed by atoms with E-state index in [1.165, 1.54) is 0 Å². The van der Waals surface area contributed by atoms with Gasteiger partial charge in [0, 0.05) is 16.7 Å². The molecule has 0 aliphatic heterocycles. The summed E-state index contributed by atoms with van der Waals surface area (Å²) in [6.45, 7) is 0.537. The summed E-state index contributed by atoms with van der Waals surface area (Å²) in [6.07, 6.45) is 0. The van der Waals surface area contributed by atoms with Crippen LogP contribution in [0.25, 0.3) is 34.0 Å². The first-order valence-electron chi connectivity index (χ1n) is 10.3. The molecule has 0 aliphatic carbocycles. The summed E-state index contributed by atoms with van der Waals surface area (Å²) in [4.78, 5) is 4.84. The first-order chi connectivity index (χ1) is 15.4. The molecule has 3 nitrogen and oxygen atoms in total. The van der Waals surface area contributed by atoms with Gasteiger partial charge < -0.3 is 9.15 Å². The molecule has 0 saturated heterocycles. The Kier molecular flexibility index (Phi) is 5.31. The summed E-state index contributed by atoms with van der Waals surface area (Å²) >= 11 is 0. The average molecular weight is 403 g/mol. The minimum Gasteiger partial charge on any atom is -0.489 e. The summed E-state index contributed by atoms with van der Waals surface area (Å²) in [6, 6.07) is 38.2. The largest absolute Gasteiger partial charge is 0.489 e. The van der Waals surface area contributed by atoms with Crippen molar-refractivity contribution < 1.29 is 9.15 Å². The van der Waals surface area contributed by atoms with E-state index in [4.69, 9.17) is 14.1 Å². The van der Waals surface area contributed by atoms with Gasteiger partial charge in [0.2, 0.25) is 5.89 Å². The molecule has 1 heterocycles. The van der Waals surface area contributed by atoms with Crippen LogP contribution in [-0.2, 0) is 6.61 Å². The standard InChI is InChI=1S/C28H21NO2/c1-4-10-21(11-5-1)20-30-25-18-16-24(17-19-25)28-29-26(22-12-6-2-7-13-22)27(31-28)23-14-8-3-9-15-23/h1-19H,20H2. The van der Waals surface area contributed by atoms with Crippen LogP contribution >= 0.6 is 0 Å². The Morgan fingerprint density at radius 1 is 0.581 bits per heavy atom. The fourth-order valence-corrected chi connectivity index (χ4v) is 3.46. The third kappa shape index (κ3) is 4.26. The van der Waals surface area contributed by atoms with Crippen LogP contribution in [-0.4, -0.2) is 4.98 Å². The highest BCUT2D eigenvalue weighted by Gasteiger charge is 2.17. The molecule has 31 heavy (non-hydrogen) atoms. The van der Waals surface area contributed by atoms with Gasteiger partial charge in [0.25, 0.3) is 0 Å². The van der Waals surface area contributed by atoms with Gasteiger partial charge in [-0.25, -0.2) is 4.98 Å². The molecular formula is C28H21NO2. The van der Waals surface area contributed by atoms with Gasteiger partial charge in [-0.3, -0.25) is 0 Å². The minimum absolute atomic E-state index is 0.537. The third-order valence-electron chi connectivity index (χ3n) is 5.06. The van der Waals surface area contributed by atoms with E-state index < -0.39 is 0 Å². The lowest BCUT2D eigenvalue weighted by atomic mass is 10.1. The van der Waals surface area contributed by atoms with Crippen molar-refractivity contribution in [3.63, 3.8) is 0 Å². The fourth-order valence-electron chi connectivity index (χ4n) is 3.46. The molecular weight excluding hydrogens is 382 g/mol. The SMILES string of the molecule is c1ccc(COc2ccc(-c3nc(-c4ccccc4)c(-c4ccccc4)o3)cc2)cc1. The zero-order valence-electron chi connectivity index (χ0n) is 16.9. The molecule has 0 spiro atoms. The number of benzene rings is 4. The normalized spacial score (nSPS) is 10.7. The minimum atomic E-state index is 0.537. The summed E-state index contributed by atoms with van der Waals surface area (Å²) in [7, 11) is 0. The van der Waals surface area contributed by atoms with Crippen molar-refractivity contribution in [2.45, 2.75) is 6.61 Å². The molecule has 0 N–H and O–H groups in total. The summed E-state index contributed by atoms with van der Waals surface area (Å²) in [5.41, 5.74) is 4.92. The van der Waals surface area contributed by atoms with Gasteiger partial charge in [-0.1, -0.05) is 91.0 Å². The van der Waals surface area contributed by atoms with E-state index in [0.29, 0.717) is 12.5 Å². The summed E-state index contributed by atoms with van der Waals surface area (Å²) in [5, 5.41) is 0. The highest BCUT2D eigenvalue weighted by Crippen LogP contribution is 2.36. The molecule has 150 valence electrons. The van der Waals surface area contributed by atoms with Crippen molar-refractivity contribution in [1.82, 2.24) is 4.98 Å². The van der Waals surface area contributed by atoms with Crippen LogP contribution in [0.1, 0.15) is 5.56 Å². The van der Waals surface area contributed by atoms with Gasteiger partial charge in [0.15, 0.2) is 5.76 Å². The molecule has 5 rings (SSSR count). The summed E-state index contributed by atoms with van der Waals surface area (Å²) < 4.78 is 12.2. The lowest BCUT2D eigenvalue weighted by Crippen LogP contribution is -1.94. The zero-order valence-corrected chi connectivity index (χ0v) is 16.9. The smallest absolute Gasteiger partial charge is 0.227 e. The quantitative estimate of drug-likeness (QED) is 0.299. The van der Waals surface area contributed by atoms with Crippen molar-refractivity contribution in [2.24, 2.45) is 0 Å². The first-order valence-corrected chi connectivity index (χ1v) is 10.3. The van der Waals surface area contributed by atoms with Crippen molar-refractivity contribution in [1.29, 1.82) is 0 Å². The maximum absolute atomic E-state index is 6.26.